The van der Waals surface area contributed by atoms with E-state index in [0.717, 1.165) is 29.1 Å². The summed E-state index contributed by atoms with van der Waals surface area (Å²) < 4.78 is 29.7. The normalized spacial score (nSPS) is 16.6. The maximum atomic E-state index is 13.5. The first-order chi connectivity index (χ1) is 18.5. The second-order valence-electron chi connectivity index (χ2n) is 9.17. The summed E-state index contributed by atoms with van der Waals surface area (Å²) in [6.07, 6.45) is 2.95. The molecule has 0 radical (unpaired) electrons. The van der Waals surface area contributed by atoms with Gasteiger partial charge in [-0.2, -0.15) is 4.72 Å². The summed E-state index contributed by atoms with van der Waals surface area (Å²) in [5.74, 6) is -2.81. The highest BCUT2D eigenvalue weighted by Crippen LogP contribution is 2.34. The second-order valence-corrected chi connectivity index (χ2v) is 12.9. The van der Waals surface area contributed by atoms with Crippen LogP contribution in [-0.4, -0.2) is 73.8 Å². The van der Waals surface area contributed by atoms with Gasteiger partial charge in [0.2, 0.25) is 21.8 Å². The standard InChI is InChI=1S/C24H26Cl2N4O7S2/c25-19-10-9-17(38-19)23(34)27-12-15(24(35)30(13-21(32)33)14-7-8-14)28-39(36,37)18-5-3-4-16(22(18)26)29-11-2-1-6-20(29)31/h3-5,9-10,14-15,28H,1-2,6-8,11-13H2,(H,27,34)(H,32,33)/t15-/m0/s1. The first-order valence-corrected chi connectivity index (χ1v) is 15.2. The highest BCUT2D eigenvalue weighted by molar-refractivity contribution is 7.89. The summed E-state index contributed by atoms with van der Waals surface area (Å²) in [5, 5.41) is 11.7. The molecule has 1 aromatic heterocycles. The molecule has 39 heavy (non-hydrogen) atoms. The molecule has 1 saturated heterocycles. The van der Waals surface area contributed by atoms with E-state index < -0.39 is 46.9 Å². The van der Waals surface area contributed by atoms with Crippen molar-refractivity contribution in [2.45, 2.75) is 49.1 Å². The molecule has 0 unspecified atom stereocenters. The number of halogens is 2. The predicted octanol–water partition coefficient (Wildman–Crippen LogP) is 2.72. The quantitative estimate of drug-likeness (QED) is 0.351. The lowest BCUT2D eigenvalue weighted by Crippen LogP contribution is -2.55. The Hall–Kier alpha value is -2.71. The number of thiophene rings is 1. The second kappa shape index (κ2) is 12.2. The van der Waals surface area contributed by atoms with Crippen LogP contribution in [0.5, 0.6) is 0 Å². The lowest BCUT2D eigenvalue weighted by Gasteiger charge is -2.29. The third-order valence-corrected chi connectivity index (χ3v) is 9.54. The number of aliphatic carboxylic acids is 1. The Morgan fingerprint density at radius 1 is 1.15 bits per heavy atom. The zero-order valence-corrected chi connectivity index (χ0v) is 23.7. The number of carboxylic acid groups (broad SMARTS) is 1. The van der Waals surface area contributed by atoms with Crippen LogP contribution in [0.4, 0.5) is 5.69 Å². The summed E-state index contributed by atoms with van der Waals surface area (Å²) in [6, 6.07) is 5.36. The number of carboxylic acids is 1. The van der Waals surface area contributed by atoms with Crippen LogP contribution in [0.3, 0.4) is 0 Å². The van der Waals surface area contributed by atoms with Crippen LogP contribution >= 0.6 is 34.5 Å². The molecule has 0 bridgehead atoms. The van der Waals surface area contributed by atoms with Crippen LogP contribution < -0.4 is 14.9 Å². The first-order valence-electron chi connectivity index (χ1n) is 12.1. The molecule has 3 amide bonds. The summed E-state index contributed by atoms with van der Waals surface area (Å²) >= 11 is 13.4. The lowest BCUT2D eigenvalue weighted by atomic mass is 10.1. The van der Waals surface area contributed by atoms with Crippen LogP contribution in [0.15, 0.2) is 35.2 Å². The number of hydrogen-bond acceptors (Lipinski definition) is 7. The highest BCUT2D eigenvalue weighted by Gasteiger charge is 2.39. The molecule has 210 valence electrons. The number of nitrogens with one attached hydrogen (secondary N) is 2. The van der Waals surface area contributed by atoms with Crippen LogP contribution in [0, 0.1) is 0 Å². The molecule has 2 aliphatic rings. The average Bonchev–Trinajstić information content (AvgIpc) is 3.64. The van der Waals surface area contributed by atoms with Gasteiger partial charge in [0, 0.05) is 25.6 Å². The van der Waals surface area contributed by atoms with Crippen molar-refractivity contribution in [3.05, 3.63) is 44.6 Å². The molecule has 0 spiro atoms. The van der Waals surface area contributed by atoms with Gasteiger partial charge in [0.15, 0.2) is 0 Å². The maximum absolute atomic E-state index is 13.5. The number of nitrogens with zero attached hydrogens (tertiary/aromatic N) is 2. The van der Waals surface area contributed by atoms with Gasteiger partial charge in [0.1, 0.15) is 17.5 Å². The summed E-state index contributed by atoms with van der Waals surface area (Å²) in [5.41, 5.74) is 0.237. The van der Waals surface area contributed by atoms with Crippen LogP contribution in [-0.2, 0) is 24.4 Å². The Bertz CT molecular complexity index is 1390. The van der Waals surface area contributed by atoms with Gasteiger partial charge < -0.3 is 20.2 Å². The van der Waals surface area contributed by atoms with Gasteiger partial charge in [-0.05, 0) is 49.9 Å². The van der Waals surface area contributed by atoms with Crippen LogP contribution in [0.2, 0.25) is 9.36 Å². The number of benzene rings is 1. The molecule has 1 aliphatic heterocycles. The van der Waals surface area contributed by atoms with E-state index in [1.807, 2.05) is 0 Å². The SMILES string of the molecule is O=C(O)CN(C(=O)[C@H](CNC(=O)c1ccc(Cl)s1)NS(=O)(=O)c1cccc(N2CCCCC2=O)c1Cl)C1CC1. The molecule has 2 aromatic rings. The van der Waals surface area contributed by atoms with Crippen molar-refractivity contribution < 1.29 is 32.7 Å². The number of carbonyl (C=O) groups is 4. The van der Waals surface area contributed by atoms with Crippen molar-refractivity contribution in [2.75, 3.05) is 24.5 Å². The molecule has 1 saturated carbocycles. The first kappa shape index (κ1) is 29.3. The Morgan fingerprint density at radius 3 is 2.51 bits per heavy atom. The van der Waals surface area contributed by atoms with Crippen molar-refractivity contribution >= 4 is 73.9 Å². The van der Waals surface area contributed by atoms with Gasteiger partial charge in [-0.15, -0.1) is 11.3 Å². The highest BCUT2D eigenvalue weighted by atomic mass is 35.5. The topological polar surface area (TPSA) is 153 Å². The van der Waals surface area contributed by atoms with E-state index in [1.54, 1.807) is 6.07 Å². The third kappa shape index (κ3) is 7.09. The minimum Gasteiger partial charge on any atom is -0.480 e. The molecule has 2 heterocycles. The zero-order valence-electron chi connectivity index (χ0n) is 20.6. The van der Waals surface area contributed by atoms with Crippen molar-refractivity contribution in [3.63, 3.8) is 0 Å². The van der Waals surface area contributed by atoms with Crippen molar-refractivity contribution in [2.24, 2.45) is 0 Å². The molecular weight excluding hydrogens is 591 g/mol. The van der Waals surface area contributed by atoms with Crippen molar-refractivity contribution in [1.82, 2.24) is 14.9 Å². The Kier molecular flexibility index (Phi) is 9.17. The van der Waals surface area contributed by atoms with E-state index in [1.165, 1.54) is 29.2 Å². The Labute approximate surface area is 239 Å². The fourth-order valence-electron chi connectivity index (χ4n) is 4.24. The van der Waals surface area contributed by atoms with E-state index in [-0.39, 0.29) is 32.4 Å². The van der Waals surface area contributed by atoms with Gasteiger partial charge in [-0.25, -0.2) is 8.42 Å². The van der Waals surface area contributed by atoms with E-state index in [9.17, 15) is 32.7 Å². The van der Waals surface area contributed by atoms with E-state index in [0.29, 0.717) is 30.1 Å². The molecule has 3 N–H and O–H groups in total. The van der Waals surface area contributed by atoms with Gasteiger partial charge in [0.05, 0.1) is 19.9 Å². The van der Waals surface area contributed by atoms with E-state index >= 15 is 0 Å². The average molecular weight is 618 g/mol. The molecule has 2 fully saturated rings. The van der Waals surface area contributed by atoms with Gasteiger partial charge in [-0.1, -0.05) is 29.3 Å². The maximum Gasteiger partial charge on any atom is 0.323 e. The lowest BCUT2D eigenvalue weighted by molar-refractivity contribution is -0.145. The molecule has 1 atom stereocenters. The number of rotatable bonds is 11. The van der Waals surface area contributed by atoms with E-state index in [2.05, 4.69) is 10.0 Å². The van der Waals surface area contributed by atoms with Crippen LogP contribution in [0.25, 0.3) is 0 Å². The van der Waals surface area contributed by atoms with Gasteiger partial charge in [-0.3, -0.25) is 19.2 Å². The molecule has 1 aliphatic carbocycles. The number of hydrogen-bond donors (Lipinski definition) is 3. The molecule has 15 heteroatoms. The summed E-state index contributed by atoms with van der Waals surface area (Å²) in [7, 11) is -4.47. The number of sulfonamides is 1. The third-order valence-electron chi connectivity index (χ3n) is 6.28. The van der Waals surface area contributed by atoms with Gasteiger partial charge in [0.25, 0.3) is 5.91 Å². The number of carbonyl (C=O) groups excluding carboxylic acids is 3. The predicted molar refractivity (Wildman–Crippen MR) is 146 cm³/mol. The van der Waals surface area contributed by atoms with Gasteiger partial charge >= 0.3 is 5.97 Å². The van der Waals surface area contributed by atoms with Crippen molar-refractivity contribution in [1.29, 1.82) is 0 Å². The smallest absolute Gasteiger partial charge is 0.323 e. The number of anilines is 1. The van der Waals surface area contributed by atoms with E-state index in [4.69, 9.17) is 23.2 Å². The fraction of sp³-hybridized carbons (Fsp3) is 0.417. The Balaban J connectivity index is 1.61. The minimum absolute atomic E-state index is 0.177. The molecule has 4 rings (SSSR count). The number of piperidine rings is 1. The largest absolute Gasteiger partial charge is 0.480 e. The number of amides is 3. The summed E-state index contributed by atoms with van der Waals surface area (Å²) in [4.78, 5) is 52.3. The molecular formula is C24H26Cl2N4O7S2. The molecule has 1 aromatic carbocycles. The minimum atomic E-state index is -4.47. The summed E-state index contributed by atoms with van der Waals surface area (Å²) in [6.45, 7) is -0.693. The Morgan fingerprint density at radius 2 is 1.90 bits per heavy atom. The monoisotopic (exact) mass is 616 g/mol. The fourth-order valence-corrected chi connectivity index (χ4v) is 7.02. The van der Waals surface area contributed by atoms with Crippen molar-refractivity contribution in [3.8, 4) is 0 Å². The molecule has 11 nitrogen and oxygen atoms in total. The zero-order chi connectivity index (χ0) is 28.3. The van der Waals surface area contributed by atoms with Crippen LogP contribution in [0.1, 0.15) is 41.8 Å².